The topological polar surface area (TPSA) is 33.1 Å². The average Bonchev–Trinajstić information content (AvgIpc) is 3.27. The van der Waals surface area contributed by atoms with Gasteiger partial charge in [-0.15, -0.1) is 0 Å². The minimum atomic E-state index is -0.774. The Balaban J connectivity index is 1.65. The molecule has 0 atom stereocenters. The molecule has 6 aromatic rings. The molecule has 168 valence electrons. The van der Waals surface area contributed by atoms with Crippen molar-refractivity contribution in [2.24, 2.45) is 0 Å². The number of nitriles is 1. The number of aromatic nitrogens is 1. The first-order valence-electron chi connectivity index (χ1n) is 11.5. The Bertz CT molecular complexity index is 1820. The minimum Gasteiger partial charge on any atom is -0.309 e. The van der Waals surface area contributed by atoms with Crippen LogP contribution >= 0.6 is 0 Å². The molecular formula is C32H18FN3. The second-order valence-corrected chi connectivity index (χ2v) is 8.58. The maximum absolute atomic E-state index is 14.4. The van der Waals surface area contributed by atoms with Gasteiger partial charge in [0, 0.05) is 16.5 Å². The summed E-state index contributed by atoms with van der Waals surface area (Å²) in [7, 11) is 0. The van der Waals surface area contributed by atoms with E-state index in [1.54, 1.807) is 0 Å². The van der Waals surface area contributed by atoms with E-state index >= 15 is 0 Å². The molecule has 0 saturated carbocycles. The summed E-state index contributed by atoms with van der Waals surface area (Å²) in [5.74, 6) is -0.774. The molecule has 4 heteroatoms. The van der Waals surface area contributed by atoms with Crippen molar-refractivity contribution in [3.63, 3.8) is 0 Å². The normalized spacial score (nSPS) is 10.9. The summed E-state index contributed by atoms with van der Waals surface area (Å²) in [6.07, 6.45) is 0. The first-order valence-corrected chi connectivity index (χ1v) is 11.5. The van der Waals surface area contributed by atoms with Crippen molar-refractivity contribution in [1.82, 2.24) is 4.57 Å². The highest BCUT2D eigenvalue weighted by atomic mass is 19.1. The molecular weight excluding hydrogens is 445 g/mol. The molecule has 0 amide bonds. The average molecular weight is 464 g/mol. The van der Waals surface area contributed by atoms with Crippen molar-refractivity contribution in [2.75, 3.05) is 0 Å². The summed E-state index contributed by atoms with van der Waals surface area (Å²) in [5.41, 5.74) is 6.55. The van der Waals surface area contributed by atoms with E-state index in [1.807, 2.05) is 54.6 Å². The lowest BCUT2D eigenvalue weighted by Gasteiger charge is -2.10. The van der Waals surface area contributed by atoms with E-state index in [4.69, 9.17) is 6.57 Å². The van der Waals surface area contributed by atoms with Crippen LogP contribution in [0.15, 0.2) is 109 Å². The van der Waals surface area contributed by atoms with Crippen LogP contribution in [0.2, 0.25) is 0 Å². The highest BCUT2D eigenvalue weighted by molar-refractivity contribution is 6.11. The molecule has 36 heavy (non-hydrogen) atoms. The standard InChI is InChI=1S/C32H18FN3/c1-35-29-18-24(16-25(20-34)32(29)33)23-12-14-27-28-17-22(21-8-4-2-5-9-21)13-15-30(28)36(31(27)19-23)26-10-6-3-7-11-26/h2-19H. The first-order chi connectivity index (χ1) is 17.7. The summed E-state index contributed by atoms with van der Waals surface area (Å²) in [5, 5.41) is 11.6. The van der Waals surface area contributed by atoms with Crippen LogP contribution in [-0.4, -0.2) is 4.57 Å². The smallest absolute Gasteiger partial charge is 0.224 e. The molecule has 3 nitrogen and oxygen atoms in total. The molecule has 1 heterocycles. The fourth-order valence-corrected chi connectivity index (χ4v) is 4.80. The van der Waals surface area contributed by atoms with Gasteiger partial charge in [-0.1, -0.05) is 66.7 Å². The van der Waals surface area contributed by atoms with E-state index in [0.29, 0.717) is 5.56 Å². The Labute approximate surface area is 207 Å². The first kappa shape index (κ1) is 21.4. The van der Waals surface area contributed by atoms with Gasteiger partial charge in [-0.3, -0.25) is 0 Å². The van der Waals surface area contributed by atoms with E-state index in [1.165, 1.54) is 12.1 Å². The van der Waals surface area contributed by atoms with Gasteiger partial charge in [0.2, 0.25) is 5.69 Å². The van der Waals surface area contributed by atoms with Crippen molar-refractivity contribution in [2.45, 2.75) is 0 Å². The Morgan fingerprint density at radius 1 is 0.667 bits per heavy atom. The summed E-state index contributed by atoms with van der Waals surface area (Å²) in [6, 6.07) is 37.9. The fraction of sp³-hybridized carbons (Fsp3) is 0. The molecule has 0 bridgehead atoms. The SMILES string of the molecule is [C-]#[N+]c1cc(-c2ccc3c4cc(-c5ccccc5)ccc4n(-c4ccccc4)c3c2)cc(C#N)c1F. The number of nitrogens with zero attached hydrogens (tertiary/aromatic N) is 3. The van der Waals surface area contributed by atoms with Crippen molar-refractivity contribution >= 4 is 27.5 Å². The quantitative estimate of drug-likeness (QED) is 0.242. The van der Waals surface area contributed by atoms with Crippen molar-refractivity contribution in [1.29, 1.82) is 5.26 Å². The molecule has 1 aromatic heterocycles. The second-order valence-electron chi connectivity index (χ2n) is 8.58. The Kier molecular flexibility index (Phi) is 5.07. The summed E-state index contributed by atoms with van der Waals surface area (Å²) in [4.78, 5) is 3.28. The lowest BCUT2D eigenvalue weighted by Crippen LogP contribution is -1.93. The van der Waals surface area contributed by atoms with E-state index in [9.17, 15) is 9.65 Å². The molecule has 0 aliphatic heterocycles. The minimum absolute atomic E-state index is 0.130. The van der Waals surface area contributed by atoms with Gasteiger partial charge in [-0.25, -0.2) is 9.24 Å². The van der Waals surface area contributed by atoms with E-state index in [2.05, 4.69) is 57.9 Å². The number of fused-ring (bicyclic) bond motifs is 3. The van der Waals surface area contributed by atoms with Gasteiger partial charge in [0.1, 0.15) is 11.9 Å². The zero-order chi connectivity index (χ0) is 24.6. The zero-order valence-electron chi connectivity index (χ0n) is 19.1. The van der Waals surface area contributed by atoms with Gasteiger partial charge < -0.3 is 4.57 Å². The van der Waals surface area contributed by atoms with Gasteiger partial charge in [0.25, 0.3) is 0 Å². The maximum atomic E-state index is 14.4. The molecule has 0 unspecified atom stereocenters. The van der Waals surface area contributed by atoms with Crippen LogP contribution in [0, 0.1) is 23.7 Å². The van der Waals surface area contributed by atoms with Crippen LogP contribution in [0.1, 0.15) is 5.56 Å². The monoisotopic (exact) mass is 463 g/mol. The van der Waals surface area contributed by atoms with E-state index < -0.39 is 5.82 Å². The van der Waals surface area contributed by atoms with Gasteiger partial charge in [-0.2, -0.15) is 5.26 Å². The molecule has 6 rings (SSSR count). The maximum Gasteiger partial charge on any atom is 0.224 e. The largest absolute Gasteiger partial charge is 0.309 e. The summed E-state index contributed by atoms with van der Waals surface area (Å²) >= 11 is 0. The molecule has 5 aromatic carbocycles. The van der Waals surface area contributed by atoms with Crippen LogP contribution < -0.4 is 0 Å². The van der Waals surface area contributed by atoms with Gasteiger partial charge in [0.05, 0.1) is 23.2 Å². The second kappa shape index (κ2) is 8.55. The number of rotatable bonds is 3. The molecule has 0 spiro atoms. The number of benzene rings is 5. The van der Waals surface area contributed by atoms with Gasteiger partial charge >= 0.3 is 0 Å². The van der Waals surface area contributed by atoms with Gasteiger partial charge in [-0.05, 0) is 64.7 Å². The summed E-state index contributed by atoms with van der Waals surface area (Å²) in [6.45, 7) is 7.33. The predicted octanol–water partition coefficient (Wildman–Crippen LogP) is 8.68. The van der Waals surface area contributed by atoms with E-state index in [0.717, 1.165) is 44.2 Å². The molecule has 0 saturated heterocycles. The number of hydrogen-bond acceptors (Lipinski definition) is 1. The Morgan fingerprint density at radius 2 is 1.36 bits per heavy atom. The highest BCUT2D eigenvalue weighted by Gasteiger charge is 2.16. The predicted molar refractivity (Wildman–Crippen MR) is 143 cm³/mol. The molecule has 0 aliphatic rings. The van der Waals surface area contributed by atoms with Gasteiger partial charge in [0.15, 0.2) is 0 Å². The van der Waals surface area contributed by atoms with E-state index in [-0.39, 0.29) is 11.3 Å². The zero-order valence-corrected chi connectivity index (χ0v) is 19.1. The summed E-state index contributed by atoms with van der Waals surface area (Å²) < 4.78 is 16.6. The van der Waals surface area contributed by atoms with Crippen molar-refractivity contribution in [3.05, 3.63) is 132 Å². The van der Waals surface area contributed by atoms with Crippen LogP contribution in [-0.2, 0) is 0 Å². The molecule has 0 fully saturated rings. The molecule has 0 aliphatic carbocycles. The molecule has 0 N–H and O–H groups in total. The lowest BCUT2D eigenvalue weighted by atomic mass is 9.99. The lowest BCUT2D eigenvalue weighted by molar-refractivity contribution is 0.630. The highest BCUT2D eigenvalue weighted by Crippen LogP contribution is 2.38. The number of halogens is 1. The third-order valence-electron chi connectivity index (χ3n) is 6.52. The van der Waals surface area contributed by atoms with Crippen LogP contribution in [0.3, 0.4) is 0 Å². The van der Waals surface area contributed by atoms with Crippen molar-refractivity contribution < 1.29 is 4.39 Å². The molecule has 0 radical (unpaired) electrons. The van der Waals surface area contributed by atoms with Crippen LogP contribution in [0.25, 0.3) is 54.6 Å². The van der Waals surface area contributed by atoms with Crippen molar-refractivity contribution in [3.8, 4) is 34.0 Å². The Morgan fingerprint density at radius 3 is 2.08 bits per heavy atom. The van der Waals surface area contributed by atoms with Crippen LogP contribution in [0.5, 0.6) is 0 Å². The Hall–Kier alpha value is -5.19. The third kappa shape index (κ3) is 3.41. The van der Waals surface area contributed by atoms with Crippen LogP contribution in [0.4, 0.5) is 10.1 Å². The number of para-hydroxylation sites is 1. The number of hydrogen-bond donors (Lipinski definition) is 0. The third-order valence-corrected chi connectivity index (χ3v) is 6.52. The fourth-order valence-electron chi connectivity index (χ4n) is 4.80.